The van der Waals surface area contributed by atoms with E-state index in [9.17, 15) is 10.1 Å². The highest BCUT2D eigenvalue weighted by molar-refractivity contribution is 5.44. The first kappa shape index (κ1) is 14.1. The topological polar surface area (TPSA) is 82.2 Å². The summed E-state index contributed by atoms with van der Waals surface area (Å²) in [5.41, 5.74) is 0.380. The van der Waals surface area contributed by atoms with E-state index in [1.807, 2.05) is 19.0 Å². The van der Waals surface area contributed by atoms with Gasteiger partial charge in [-0.05, 0) is 20.2 Å². The highest BCUT2D eigenvalue weighted by Gasteiger charge is 2.20. The largest absolute Gasteiger partial charge is 0.308 e. The monoisotopic (exact) mass is 248 g/mol. The van der Waals surface area contributed by atoms with Gasteiger partial charge < -0.3 is 4.90 Å². The Morgan fingerprint density at radius 1 is 1.50 bits per heavy atom. The van der Waals surface area contributed by atoms with E-state index in [0.717, 1.165) is 6.54 Å². The van der Waals surface area contributed by atoms with Gasteiger partial charge in [0.2, 0.25) is 0 Å². The molecule has 1 aromatic rings. The highest BCUT2D eigenvalue weighted by Crippen LogP contribution is 2.24. The lowest BCUT2D eigenvalue weighted by atomic mass is 10.1. The predicted molar refractivity (Wildman–Crippen MR) is 68.0 cm³/mol. The van der Waals surface area contributed by atoms with Gasteiger partial charge in [0.25, 0.3) is 5.69 Å². The maximum atomic E-state index is 10.9. The summed E-state index contributed by atoms with van der Waals surface area (Å²) in [6.45, 7) is 1.36. The fraction of sp³-hybridized carbons (Fsp3) is 0.417. The van der Waals surface area contributed by atoms with Crippen molar-refractivity contribution < 1.29 is 4.92 Å². The molecule has 0 aliphatic carbocycles. The summed E-state index contributed by atoms with van der Waals surface area (Å²) in [4.78, 5) is 12.4. The Balaban J connectivity index is 2.83. The van der Waals surface area contributed by atoms with Crippen LogP contribution in [-0.4, -0.2) is 37.0 Å². The van der Waals surface area contributed by atoms with Gasteiger partial charge in [-0.15, -0.1) is 0 Å². The summed E-state index contributed by atoms with van der Waals surface area (Å²) in [7, 11) is 3.85. The highest BCUT2D eigenvalue weighted by atomic mass is 16.6. The molecule has 0 saturated heterocycles. The number of likely N-dealkylation sites (N-methyl/N-ethyl adjacent to an activating group) is 1. The van der Waals surface area contributed by atoms with E-state index in [1.165, 1.54) is 6.07 Å². The van der Waals surface area contributed by atoms with E-state index < -0.39 is 11.0 Å². The molecule has 0 amide bonds. The summed E-state index contributed by atoms with van der Waals surface area (Å²) in [6.07, 6.45) is 0. The van der Waals surface area contributed by atoms with E-state index in [4.69, 9.17) is 5.26 Å². The first-order valence-corrected chi connectivity index (χ1v) is 5.57. The molecule has 0 heterocycles. The number of benzene rings is 1. The van der Waals surface area contributed by atoms with Crippen molar-refractivity contribution in [3.63, 3.8) is 0 Å². The molecule has 0 saturated carbocycles. The second-order valence-electron chi connectivity index (χ2n) is 4.14. The van der Waals surface area contributed by atoms with Gasteiger partial charge >= 0.3 is 0 Å². The first-order chi connectivity index (χ1) is 8.56. The number of nitrogens with zero attached hydrogens (tertiary/aromatic N) is 3. The Labute approximate surface area is 106 Å². The van der Waals surface area contributed by atoms with E-state index in [1.54, 1.807) is 18.2 Å². The molecule has 0 spiro atoms. The van der Waals surface area contributed by atoms with Crippen molar-refractivity contribution in [1.29, 1.82) is 5.26 Å². The van der Waals surface area contributed by atoms with Crippen LogP contribution in [-0.2, 0) is 0 Å². The van der Waals surface area contributed by atoms with E-state index >= 15 is 0 Å². The summed E-state index contributed by atoms with van der Waals surface area (Å²) < 4.78 is 0. The Morgan fingerprint density at radius 3 is 2.72 bits per heavy atom. The number of hydrogen-bond donors (Lipinski definition) is 1. The lowest BCUT2D eigenvalue weighted by Crippen LogP contribution is -2.29. The molecule has 18 heavy (non-hydrogen) atoms. The van der Waals surface area contributed by atoms with Crippen molar-refractivity contribution in [2.75, 3.05) is 27.2 Å². The average molecular weight is 248 g/mol. The van der Waals surface area contributed by atoms with Gasteiger partial charge in [-0.2, -0.15) is 5.26 Å². The van der Waals surface area contributed by atoms with Gasteiger partial charge in [0.15, 0.2) is 0 Å². The Hall–Kier alpha value is -1.97. The van der Waals surface area contributed by atoms with Crippen LogP contribution in [0.1, 0.15) is 11.6 Å². The fourth-order valence-electron chi connectivity index (χ4n) is 1.56. The van der Waals surface area contributed by atoms with Crippen LogP contribution >= 0.6 is 0 Å². The minimum absolute atomic E-state index is 0.0265. The zero-order valence-electron chi connectivity index (χ0n) is 10.5. The smallest absolute Gasteiger partial charge is 0.275 e. The van der Waals surface area contributed by atoms with Gasteiger partial charge in [-0.25, -0.2) is 0 Å². The molecule has 0 bridgehead atoms. The third kappa shape index (κ3) is 3.80. The molecule has 1 rings (SSSR count). The number of para-hydroxylation sites is 1. The molecule has 6 nitrogen and oxygen atoms in total. The van der Waals surface area contributed by atoms with Crippen LogP contribution in [0.5, 0.6) is 0 Å². The van der Waals surface area contributed by atoms with Crippen molar-refractivity contribution in [3.8, 4) is 6.07 Å². The zero-order valence-corrected chi connectivity index (χ0v) is 10.5. The number of nitro groups is 1. The fourth-order valence-corrected chi connectivity index (χ4v) is 1.56. The number of nitro benzene ring substituents is 1. The van der Waals surface area contributed by atoms with Crippen molar-refractivity contribution >= 4 is 5.69 Å². The Morgan fingerprint density at radius 2 is 2.17 bits per heavy atom. The van der Waals surface area contributed by atoms with Gasteiger partial charge in [0.1, 0.15) is 6.04 Å². The molecule has 96 valence electrons. The zero-order chi connectivity index (χ0) is 13.5. The molecule has 1 atom stereocenters. The summed E-state index contributed by atoms with van der Waals surface area (Å²) >= 11 is 0. The third-order valence-electron chi connectivity index (χ3n) is 2.48. The molecule has 0 aromatic heterocycles. The number of hydrogen-bond acceptors (Lipinski definition) is 5. The van der Waals surface area contributed by atoms with Gasteiger partial charge in [-0.3, -0.25) is 15.4 Å². The Bertz CT molecular complexity index is 454. The Kier molecular flexibility index (Phi) is 5.24. The molecular formula is C12H16N4O2. The van der Waals surface area contributed by atoms with Crippen LogP contribution in [0.15, 0.2) is 24.3 Å². The predicted octanol–water partition coefficient (Wildman–Crippen LogP) is 1.31. The molecule has 0 aliphatic heterocycles. The van der Waals surface area contributed by atoms with Crippen molar-refractivity contribution in [2.24, 2.45) is 0 Å². The standard InChI is InChI=1S/C12H16N4O2/c1-15(2)8-7-14-11(9-13)10-5-3-4-6-12(10)16(17)18/h3-6,11,14H,7-8H2,1-2H3. The molecule has 1 aromatic carbocycles. The molecule has 1 unspecified atom stereocenters. The van der Waals surface area contributed by atoms with Crippen molar-refractivity contribution in [2.45, 2.75) is 6.04 Å². The van der Waals surface area contributed by atoms with Crippen LogP contribution < -0.4 is 5.32 Å². The molecule has 0 radical (unpaired) electrons. The van der Waals surface area contributed by atoms with E-state index in [-0.39, 0.29) is 5.69 Å². The normalized spacial score (nSPS) is 12.1. The summed E-state index contributed by atoms with van der Waals surface area (Å²) in [6, 6.07) is 7.70. The SMILES string of the molecule is CN(C)CCNC(C#N)c1ccccc1[N+](=O)[O-]. The van der Waals surface area contributed by atoms with Gasteiger partial charge in [-0.1, -0.05) is 12.1 Å². The minimum Gasteiger partial charge on any atom is -0.308 e. The summed E-state index contributed by atoms with van der Waals surface area (Å²) in [5.74, 6) is 0. The van der Waals surface area contributed by atoms with Crippen LogP contribution in [0.3, 0.4) is 0 Å². The van der Waals surface area contributed by atoms with Crippen LogP contribution in [0, 0.1) is 21.4 Å². The lowest BCUT2D eigenvalue weighted by molar-refractivity contribution is -0.385. The summed E-state index contributed by atoms with van der Waals surface area (Å²) in [5, 5.41) is 23.0. The van der Waals surface area contributed by atoms with Gasteiger partial charge in [0.05, 0.1) is 16.6 Å². The van der Waals surface area contributed by atoms with Crippen LogP contribution in [0.25, 0.3) is 0 Å². The minimum atomic E-state index is -0.661. The average Bonchev–Trinajstić information content (AvgIpc) is 2.34. The maximum Gasteiger partial charge on any atom is 0.275 e. The van der Waals surface area contributed by atoms with Crippen molar-refractivity contribution in [1.82, 2.24) is 10.2 Å². The third-order valence-corrected chi connectivity index (χ3v) is 2.48. The molecule has 1 N–H and O–H groups in total. The molecular weight excluding hydrogens is 232 g/mol. The number of rotatable bonds is 6. The number of nitriles is 1. The van der Waals surface area contributed by atoms with Crippen LogP contribution in [0.2, 0.25) is 0 Å². The number of nitrogens with one attached hydrogen (secondary N) is 1. The molecule has 0 fully saturated rings. The maximum absolute atomic E-state index is 10.9. The lowest BCUT2D eigenvalue weighted by Gasteiger charge is -2.14. The van der Waals surface area contributed by atoms with E-state index in [2.05, 4.69) is 11.4 Å². The molecule has 0 aliphatic rings. The first-order valence-electron chi connectivity index (χ1n) is 5.57. The molecule has 6 heteroatoms. The van der Waals surface area contributed by atoms with Crippen molar-refractivity contribution in [3.05, 3.63) is 39.9 Å². The quantitative estimate of drug-likeness (QED) is 0.606. The second kappa shape index (κ2) is 6.69. The van der Waals surface area contributed by atoms with Gasteiger partial charge in [0, 0.05) is 19.2 Å². The van der Waals surface area contributed by atoms with Crippen LogP contribution in [0.4, 0.5) is 5.69 Å². The van der Waals surface area contributed by atoms with E-state index in [0.29, 0.717) is 12.1 Å². The second-order valence-corrected chi connectivity index (χ2v) is 4.14.